The van der Waals surface area contributed by atoms with Gasteiger partial charge in [0.1, 0.15) is 24.4 Å². The molecular weight excluding hydrogens is 296 g/mol. The van der Waals surface area contributed by atoms with E-state index in [1.807, 2.05) is 13.0 Å². The number of hydrogen-bond acceptors (Lipinski definition) is 7. The van der Waals surface area contributed by atoms with Crippen molar-refractivity contribution in [1.29, 1.82) is 0 Å². The first-order chi connectivity index (χ1) is 10.4. The fraction of sp³-hybridized carbons (Fsp3) is 0.786. The van der Waals surface area contributed by atoms with E-state index in [1.165, 1.54) is 0 Å². The van der Waals surface area contributed by atoms with E-state index in [0.29, 0.717) is 6.42 Å². The molecule has 1 aliphatic rings. The van der Waals surface area contributed by atoms with Gasteiger partial charge in [-0.3, -0.25) is 4.79 Å². The monoisotopic (exact) mass is 320 g/mol. The zero-order valence-corrected chi connectivity index (χ0v) is 12.4. The van der Waals surface area contributed by atoms with E-state index >= 15 is 0 Å². The van der Waals surface area contributed by atoms with Crippen molar-refractivity contribution in [2.24, 2.45) is 0 Å². The summed E-state index contributed by atoms with van der Waals surface area (Å²) in [7, 11) is 0. The Morgan fingerprint density at radius 3 is 2.45 bits per heavy atom. The average Bonchev–Trinajstić information content (AvgIpc) is 2.47. The van der Waals surface area contributed by atoms with Crippen LogP contribution in [0.2, 0.25) is 0 Å². The minimum absolute atomic E-state index is 0.301. The van der Waals surface area contributed by atoms with Crippen LogP contribution >= 0.6 is 0 Å². The summed E-state index contributed by atoms with van der Waals surface area (Å²) >= 11 is 0. The summed E-state index contributed by atoms with van der Waals surface area (Å²) in [6.07, 6.45) is -3.33. The van der Waals surface area contributed by atoms with E-state index in [-0.39, 0.29) is 6.42 Å². The van der Waals surface area contributed by atoms with Crippen LogP contribution in [0.4, 0.5) is 0 Å². The molecule has 1 fully saturated rings. The summed E-state index contributed by atoms with van der Waals surface area (Å²) in [6, 6.07) is 0. The topological polar surface area (TPSA) is 137 Å². The summed E-state index contributed by atoms with van der Waals surface area (Å²) in [5.41, 5.74) is 0. The Hall–Kier alpha value is -1.03. The minimum Gasteiger partial charge on any atom is -0.481 e. The SMILES string of the molecule is CC/C=C\C[C@@H](CC(=O)O)O[C@@H]1O[C@H](CO)[C@@H](O)[C@H](O)[C@H]1O. The highest BCUT2D eigenvalue weighted by Gasteiger charge is 2.44. The second kappa shape index (κ2) is 9.19. The molecule has 6 atom stereocenters. The Morgan fingerprint density at radius 1 is 1.23 bits per heavy atom. The third-order valence-corrected chi connectivity index (χ3v) is 3.38. The number of aliphatic hydroxyl groups excluding tert-OH is 4. The Kier molecular flexibility index (Phi) is 7.94. The van der Waals surface area contributed by atoms with Gasteiger partial charge in [0.15, 0.2) is 6.29 Å². The van der Waals surface area contributed by atoms with E-state index in [0.717, 1.165) is 6.42 Å². The van der Waals surface area contributed by atoms with Crippen LogP contribution in [-0.2, 0) is 14.3 Å². The van der Waals surface area contributed by atoms with Gasteiger partial charge < -0.3 is 35.0 Å². The van der Waals surface area contributed by atoms with Crippen LogP contribution in [0.5, 0.6) is 0 Å². The maximum Gasteiger partial charge on any atom is 0.305 e. The summed E-state index contributed by atoms with van der Waals surface area (Å²) in [5.74, 6) is -1.07. The Labute approximate surface area is 128 Å². The van der Waals surface area contributed by atoms with Crippen LogP contribution in [0.3, 0.4) is 0 Å². The quantitative estimate of drug-likeness (QED) is 0.359. The number of hydrogen-bond donors (Lipinski definition) is 5. The predicted molar refractivity (Wildman–Crippen MR) is 74.9 cm³/mol. The smallest absolute Gasteiger partial charge is 0.305 e. The summed E-state index contributed by atoms with van der Waals surface area (Å²) in [4.78, 5) is 10.9. The van der Waals surface area contributed by atoms with Crippen molar-refractivity contribution in [2.45, 2.75) is 63.0 Å². The van der Waals surface area contributed by atoms with Gasteiger partial charge >= 0.3 is 5.97 Å². The lowest BCUT2D eigenvalue weighted by Crippen LogP contribution is -2.59. The first kappa shape index (κ1) is 19.0. The molecule has 1 rings (SSSR count). The predicted octanol–water partition coefficient (Wildman–Crippen LogP) is -0.997. The Morgan fingerprint density at radius 2 is 1.91 bits per heavy atom. The molecule has 1 aliphatic heterocycles. The number of carboxylic acids is 1. The van der Waals surface area contributed by atoms with Crippen molar-refractivity contribution in [3.8, 4) is 0 Å². The maximum absolute atomic E-state index is 10.9. The van der Waals surface area contributed by atoms with E-state index < -0.39 is 49.4 Å². The molecule has 8 nitrogen and oxygen atoms in total. The first-order valence-electron chi connectivity index (χ1n) is 7.23. The van der Waals surface area contributed by atoms with Crippen molar-refractivity contribution >= 4 is 5.97 Å². The third-order valence-electron chi connectivity index (χ3n) is 3.38. The highest BCUT2D eigenvalue weighted by atomic mass is 16.7. The third kappa shape index (κ3) is 5.31. The number of allylic oxidation sites excluding steroid dienone is 1. The molecule has 5 N–H and O–H groups in total. The van der Waals surface area contributed by atoms with E-state index in [9.17, 15) is 20.1 Å². The second-order valence-electron chi connectivity index (χ2n) is 5.17. The zero-order valence-electron chi connectivity index (χ0n) is 12.4. The van der Waals surface area contributed by atoms with E-state index in [4.69, 9.17) is 19.7 Å². The summed E-state index contributed by atoms with van der Waals surface area (Å²) < 4.78 is 10.6. The fourth-order valence-corrected chi connectivity index (χ4v) is 2.17. The number of carbonyl (C=O) groups is 1. The Bertz CT molecular complexity index is 370. The van der Waals surface area contributed by atoms with Crippen LogP contribution < -0.4 is 0 Å². The molecule has 22 heavy (non-hydrogen) atoms. The van der Waals surface area contributed by atoms with Crippen molar-refractivity contribution in [1.82, 2.24) is 0 Å². The van der Waals surface area contributed by atoms with Gasteiger partial charge in [-0.15, -0.1) is 0 Å². The lowest BCUT2D eigenvalue weighted by Gasteiger charge is -2.40. The molecule has 0 aromatic rings. The summed E-state index contributed by atoms with van der Waals surface area (Å²) in [6.45, 7) is 1.37. The number of aliphatic hydroxyl groups is 4. The number of aliphatic carboxylic acids is 1. The van der Waals surface area contributed by atoms with Gasteiger partial charge in [-0.25, -0.2) is 0 Å². The standard InChI is InChI=1S/C14H24O8/c1-2-3-4-5-8(6-10(16)17)21-14-13(20)12(19)11(18)9(7-15)22-14/h3-4,8-9,11-15,18-20H,2,5-7H2,1H3,(H,16,17)/b4-3-/t8-,9+,11+,12-,13+,14+/m0/s1. The van der Waals surface area contributed by atoms with Gasteiger partial charge in [0.25, 0.3) is 0 Å². The molecule has 0 saturated carbocycles. The molecule has 0 bridgehead atoms. The van der Waals surface area contributed by atoms with Gasteiger partial charge in [0.2, 0.25) is 0 Å². The number of ether oxygens (including phenoxy) is 2. The molecule has 1 heterocycles. The largest absolute Gasteiger partial charge is 0.481 e. The van der Waals surface area contributed by atoms with E-state index in [1.54, 1.807) is 6.08 Å². The average molecular weight is 320 g/mol. The molecule has 0 unspecified atom stereocenters. The lowest BCUT2D eigenvalue weighted by atomic mass is 9.99. The molecule has 0 radical (unpaired) electrons. The normalized spacial score (nSPS) is 34.0. The molecule has 0 spiro atoms. The van der Waals surface area contributed by atoms with Gasteiger partial charge in [-0.05, 0) is 12.8 Å². The molecule has 1 saturated heterocycles. The van der Waals surface area contributed by atoms with Crippen LogP contribution in [0.25, 0.3) is 0 Å². The molecule has 128 valence electrons. The van der Waals surface area contributed by atoms with Gasteiger partial charge in [-0.1, -0.05) is 19.1 Å². The minimum atomic E-state index is -1.55. The lowest BCUT2D eigenvalue weighted by molar-refractivity contribution is -0.311. The fourth-order valence-electron chi connectivity index (χ4n) is 2.17. The molecule has 0 aliphatic carbocycles. The van der Waals surface area contributed by atoms with Crippen molar-refractivity contribution in [2.75, 3.05) is 6.61 Å². The molecule has 0 aromatic carbocycles. The molecule has 0 aromatic heterocycles. The van der Waals surface area contributed by atoms with Crippen LogP contribution in [0.15, 0.2) is 12.2 Å². The second-order valence-corrected chi connectivity index (χ2v) is 5.17. The summed E-state index contributed by atoms with van der Waals surface area (Å²) in [5, 5.41) is 47.2. The Balaban J connectivity index is 2.72. The molecule has 8 heteroatoms. The molecule has 0 amide bonds. The highest BCUT2D eigenvalue weighted by Crippen LogP contribution is 2.24. The molecular formula is C14H24O8. The van der Waals surface area contributed by atoms with Gasteiger partial charge in [0, 0.05) is 0 Å². The van der Waals surface area contributed by atoms with E-state index in [2.05, 4.69) is 0 Å². The number of carboxylic acid groups (broad SMARTS) is 1. The zero-order chi connectivity index (χ0) is 16.7. The van der Waals surface area contributed by atoms with Crippen LogP contribution in [-0.4, -0.2) is 74.9 Å². The highest BCUT2D eigenvalue weighted by molar-refractivity contribution is 5.67. The van der Waals surface area contributed by atoms with Gasteiger partial charge in [0.05, 0.1) is 19.1 Å². The van der Waals surface area contributed by atoms with Crippen molar-refractivity contribution < 1.29 is 39.8 Å². The van der Waals surface area contributed by atoms with Crippen LogP contribution in [0, 0.1) is 0 Å². The van der Waals surface area contributed by atoms with Crippen molar-refractivity contribution in [3.05, 3.63) is 12.2 Å². The van der Waals surface area contributed by atoms with Crippen LogP contribution in [0.1, 0.15) is 26.2 Å². The number of rotatable bonds is 8. The van der Waals surface area contributed by atoms with Gasteiger partial charge in [-0.2, -0.15) is 0 Å². The van der Waals surface area contributed by atoms with Crippen molar-refractivity contribution in [3.63, 3.8) is 0 Å². The maximum atomic E-state index is 10.9. The first-order valence-corrected chi connectivity index (χ1v) is 7.23.